The SMILES string of the molecule is NC(=O)c1ccc2nc(-c3ccc(OCCCO)cc3)[nH]c2c1. The molecule has 0 bridgehead atoms. The fraction of sp³-hybridized carbons (Fsp3) is 0.176. The summed E-state index contributed by atoms with van der Waals surface area (Å²) in [6, 6.07) is 12.6. The highest BCUT2D eigenvalue weighted by Gasteiger charge is 2.08. The number of nitrogens with one attached hydrogen (secondary N) is 1. The number of nitrogens with two attached hydrogens (primary N) is 1. The highest BCUT2D eigenvalue weighted by Crippen LogP contribution is 2.23. The minimum atomic E-state index is -0.465. The number of hydrogen-bond acceptors (Lipinski definition) is 4. The quantitative estimate of drug-likeness (QED) is 0.607. The van der Waals surface area contributed by atoms with Gasteiger partial charge >= 0.3 is 0 Å². The predicted octanol–water partition coefficient (Wildman–Crippen LogP) is 2.09. The third-order valence-corrected chi connectivity index (χ3v) is 3.47. The van der Waals surface area contributed by atoms with Gasteiger partial charge in [-0.3, -0.25) is 4.79 Å². The van der Waals surface area contributed by atoms with E-state index in [1.165, 1.54) is 0 Å². The molecule has 118 valence electrons. The average Bonchev–Trinajstić information content (AvgIpc) is 2.98. The Morgan fingerprint density at radius 2 is 2.00 bits per heavy atom. The van der Waals surface area contributed by atoms with Gasteiger partial charge in [-0.25, -0.2) is 4.98 Å². The maximum Gasteiger partial charge on any atom is 0.248 e. The monoisotopic (exact) mass is 311 g/mol. The molecule has 0 saturated carbocycles. The van der Waals surface area contributed by atoms with E-state index in [9.17, 15) is 4.79 Å². The lowest BCUT2D eigenvalue weighted by molar-refractivity contribution is 0.100. The third kappa shape index (κ3) is 3.32. The Hall–Kier alpha value is -2.86. The lowest BCUT2D eigenvalue weighted by Crippen LogP contribution is -2.10. The molecule has 4 N–H and O–H groups in total. The van der Waals surface area contributed by atoms with Crippen molar-refractivity contribution in [2.75, 3.05) is 13.2 Å². The van der Waals surface area contributed by atoms with Crippen LogP contribution in [0.25, 0.3) is 22.4 Å². The van der Waals surface area contributed by atoms with Crippen LogP contribution in [0, 0.1) is 0 Å². The minimum absolute atomic E-state index is 0.115. The van der Waals surface area contributed by atoms with Crippen LogP contribution in [0.2, 0.25) is 0 Å². The number of primary amides is 1. The first-order chi connectivity index (χ1) is 11.2. The number of carbonyl (C=O) groups is 1. The second-order valence-corrected chi connectivity index (χ2v) is 5.13. The number of H-pyrrole nitrogens is 1. The molecular formula is C17H17N3O3. The zero-order valence-electron chi connectivity index (χ0n) is 12.5. The molecule has 0 aliphatic carbocycles. The molecule has 1 aromatic heterocycles. The second kappa shape index (κ2) is 6.50. The zero-order chi connectivity index (χ0) is 16.2. The molecule has 6 heteroatoms. The normalized spacial score (nSPS) is 10.8. The number of nitrogens with zero attached hydrogens (tertiary/aromatic N) is 1. The predicted molar refractivity (Wildman–Crippen MR) is 87.2 cm³/mol. The van der Waals surface area contributed by atoms with Crippen molar-refractivity contribution in [3.8, 4) is 17.1 Å². The molecule has 6 nitrogen and oxygen atoms in total. The number of aliphatic hydroxyl groups is 1. The van der Waals surface area contributed by atoms with Gasteiger partial charge < -0.3 is 20.6 Å². The van der Waals surface area contributed by atoms with Crippen molar-refractivity contribution in [3.63, 3.8) is 0 Å². The fourth-order valence-corrected chi connectivity index (χ4v) is 2.26. The summed E-state index contributed by atoms with van der Waals surface area (Å²) >= 11 is 0. The molecule has 0 saturated heterocycles. The van der Waals surface area contributed by atoms with Gasteiger partial charge in [0, 0.05) is 24.2 Å². The van der Waals surface area contributed by atoms with Crippen molar-refractivity contribution in [1.82, 2.24) is 9.97 Å². The molecule has 1 heterocycles. The summed E-state index contributed by atoms with van der Waals surface area (Å²) < 4.78 is 5.50. The number of aromatic amines is 1. The lowest BCUT2D eigenvalue weighted by atomic mass is 10.2. The van der Waals surface area contributed by atoms with Gasteiger partial charge in [0.15, 0.2) is 0 Å². The van der Waals surface area contributed by atoms with E-state index in [0.717, 1.165) is 22.3 Å². The summed E-state index contributed by atoms with van der Waals surface area (Å²) in [6.45, 7) is 0.598. The number of ether oxygens (including phenoxy) is 1. The maximum absolute atomic E-state index is 11.2. The molecular weight excluding hydrogens is 294 g/mol. The Morgan fingerprint density at radius 3 is 2.70 bits per heavy atom. The van der Waals surface area contributed by atoms with Gasteiger partial charge in [0.25, 0.3) is 0 Å². The Kier molecular flexibility index (Phi) is 4.25. The number of aliphatic hydroxyl groups excluding tert-OH is 1. The Bertz CT molecular complexity index is 825. The van der Waals surface area contributed by atoms with Crippen LogP contribution in [0.3, 0.4) is 0 Å². The van der Waals surface area contributed by atoms with Crippen LogP contribution in [0.4, 0.5) is 0 Å². The van der Waals surface area contributed by atoms with E-state index >= 15 is 0 Å². The van der Waals surface area contributed by atoms with Crippen molar-refractivity contribution < 1.29 is 14.6 Å². The number of carbonyl (C=O) groups excluding carboxylic acids is 1. The largest absolute Gasteiger partial charge is 0.494 e. The van der Waals surface area contributed by atoms with Gasteiger partial charge in [-0.05, 0) is 42.5 Å². The van der Waals surface area contributed by atoms with Crippen LogP contribution < -0.4 is 10.5 Å². The molecule has 0 aliphatic heterocycles. The van der Waals surface area contributed by atoms with E-state index < -0.39 is 5.91 Å². The van der Waals surface area contributed by atoms with Crippen LogP contribution >= 0.6 is 0 Å². The first kappa shape index (κ1) is 15.1. The van der Waals surface area contributed by atoms with Crippen LogP contribution in [0.1, 0.15) is 16.8 Å². The summed E-state index contributed by atoms with van der Waals surface area (Å²) in [6.07, 6.45) is 0.605. The lowest BCUT2D eigenvalue weighted by Gasteiger charge is -2.05. The highest BCUT2D eigenvalue weighted by molar-refractivity contribution is 5.96. The molecule has 0 aliphatic rings. The van der Waals surface area contributed by atoms with E-state index in [2.05, 4.69) is 9.97 Å². The molecule has 0 radical (unpaired) electrons. The Labute approximate surface area is 132 Å². The standard InChI is InChI=1S/C17H17N3O3/c18-16(22)12-4-7-14-15(10-12)20-17(19-14)11-2-5-13(6-3-11)23-9-1-8-21/h2-7,10,21H,1,8-9H2,(H2,18,22)(H,19,20). The summed E-state index contributed by atoms with van der Waals surface area (Å²) in [4.78, 5) is 18.9. The van der Waals surface area contributed by atoms with Crippen LogP contribution in [-0.2, 0) is 0 Å². The number of hydrogen-bond donors (Lipinski definition) is 3. The highest BCUT2D eigenvalue weighted by atomic mass is 16.5. The van der Waals surface area contributed by atoms with E-state index in [-0.39, 0.29) is 6.61 Å². The molecule has 2 aromatic carbocycles. The number of rotatable bonds is 6. The molecule has 3 aromatic rings. The first-order valence-corrected chi connectivity index (χ1v) is 7.31. The van der Waals surface area contributed by atoms with E-state index in [4.69, 9.17) is 15.6 Å². The number of aromatic nitrogens is 2. The molecule has 0 fully saturated rings. The second-order valence-electron chi connectivity index (χ2n) is 5.13. The van der Waals surface area contributed by atoms with Gasteiger partial charge in [0.2, 0.25) is 5.91 Å². The van der Waals surface area contributed by atoms with Gasteiger partial charge in [-0.2, -0.15) is 0 Å². The average molecular weight is 311 g/mol. The van der Waals surface area contributed by atoms with Gasteiger partial charge in [-0.1, -0.05) is 0 Å². The van der Waals surface area contributed by atoms with Crippen LogP contribution in [0.15, 0.2) is 42.5 Å². The number of fused-ring (bicyclic) bond motifs is 1. The molecule has 0 atom stereocenters. The summed E-state index contributed by atoms with van der Waals surface area (Å²) in [5.41, 5.74) is 8.18. The topological polar surface area (TPSA) is 101 Å². The third-order valence-electron chi connectivity index (χ3n) is 3.47. The Balaban J connectivity index is 1.83. The minimum Gasteiger partial charge on any atom is -0.494 e. The molecule has 3 rings (SSSR count). The van der Waals surface area contributed by atoms with E-state index in [0.29, 0.717) is 24.4 Å². The molecule has 0 unspecified atom stereocenters. The van der Waals surface area contributed by atoms with Crippen molar-refractivity contribution in [2.24, 2.45) is 5.73 Å². The maximum atomic E-state index is 11.2. The Morgan fingerprint density at radius 1 is 1.22 bits per heavy atom. The van der Waals surface area contributed by atoms with Crippen molar-refractivity contribution in [1.29, 1.82) is 0 Å². The number of amides is 1. The van der Waals surface area contributed by atoms with Crippen molar-refractivity contribution in [2.45, 2.75) is 6.42 Å². The zero-order valence-corrected chi connectivity index (χ0v) is 12.5. The van der Waals surface area contributed by atoms with Crippen LogP contribution in [0.5, 0.6) is 5.75 Å². The molecule has 23 heavy (non-hydrogen) atoms. The van der Waals surface area contributed by atoms with Gasteiger partial charge in [0.1, 0.15) is 11.6 Å². The van der Waals surface area contributed by atoms with Gasteiger partial charge in [-0.15, -0.1) is 0 Å². The first-order valence-electron chi connectivity index (χ1n) is 7.31. The van der Waals surface area contributed by atoms with Gasteiger partial charge in [0.05, 0.1) is 17.6 Å². The number of benzene rings is 2. The summed E-state index contributed by atoms with van der Waals surface area (Å²) in [5.74, 6) is 0.991. The van der Waals surface area contributed by atoms with Crippen molar-refractivity contribution >= 4 is 16.9 Å². The summed E-state index contributed by atoms with van der Waals surface area (Å²) in [7, 11) is 0. The van der Waals surface area contributed by atoms with E-state index in [1.54, 1.807) is 18.2 Å². The smallest absolute Gasteiger partial charge is 0.248 e. The van der Waals surface area contributed by atoms with E-state index in [1.807, 2.05) is 24.3 Å². The fourth-order valence-electron chi connectivity index (χ4n) is 2.26. The number of imidazole rings is 1. The van der Waals surface area contributed by atoms with Crippen molar-refractivity contribution in [3.05, 3.63) is 48.0 Å². The summed E-state index contributed by atoms with van der Waals surface area (Å²) in [5, 5.41) is 8.74. The molecule has 1 amide bonds. The molecule has 0 spiro atoms. The van der Waals surface area contributed by atoms with Crippen LogP contribution in [-0.4, -0.2) is 34.2 Å².